The number of esters is 1. The molecule has 0 aliphatic rings. The topological polar surface area (TPSA) is 56.5 Å². The number of carbonyl (C=O) groups is 1. The number of halogens is 1. The van der Waals surface area contributed by atoms with Crippen LogP contribution in [-0.2, 0) is 11.5 Å². The van der Waals surface area contributed by atoms with Crippen molar-refractivity contribution < 1.29 is 18.3 Å². The molecule has 0 atom stereocenters. The van der Waals surface area contributed by atoms with E-state index in [4.69, 9.17) is 9.15 Å². The van der Waals surface area contributed by atoms with Gasteiger partial charge in [-0.05, 0) is 12.1 Å². The Kier molecular flexibility index (Phi) is 2.91. The largest absolute Gasteiger partial charge is 0.458 e. The molecule has 17 heavy (non-hydrogen) atoms. The Morgan fingerprint density at radius 1 is 1.41 bits per heavy atom. The first-order valence-corrected chi connectivity index (χ1v) is 4.91. The zero-order valence-electron chi connectivity index (χ0n) is 9.03. The molecule has 1 aromatic carbocycles. The van der Waals surface area contributed by atoms with Crippen LogP contribution in [0.3, 0.4) is 0 Å². The van der Waals surface area contributed by atoms with Crippen LogP contribution >= 0.6 is 0 Å². The molecule has 1 aromatic heterocycles. The van der Waals surface area contributed by atoms with Crippen LogP contribution < -0.4 is 10.2 Å². The summed E-state index contributed by atoms with van der Waals surface area (Å²) in [7, 11) is 0. The maximum Gasteiger partial charge on any atom is 0.308 e. The van der Waals surface area contributed by atoms with Crippen LogP contribution in [-0.4, -0.2) is 5.97 Å². The van der Waals surface area contributed by atoms with Crippen LogP contribution in [0.25, 0.3) is 11.0 Å². The second-order valence-corrected chi connectivity index (χ2v) is 3.46. The molecule has 0 amide bonds. The standard InChI is InChI=1S/C12H9FO4/c1-7(14)16-8-2-3-10-11(15)4-9(6-13)17-12(10)5-8/h2-5H,6H2,1H3. The zero-order valence-corrected chi connectivity index (χ0v) is 9.03. The molecule has 0 bridgehead atoms. The summed E-state index contributed by atoms with van der Waals surface area (Å²) in [6.45, 7) is 0.404. The van der Waals surface area contributed by atoms with Gasteiger partial charge in [-0.15, -0.1) is 0 Å². The summed E-state index contributed by atoms with van der Waals surface area (Å²) in [4.78, 5) is 22.3. The molecular weight excluding hydrogens is 227 g/mol. The van der Waals surface area contributed by atoms with Crippen LogP contribution in [0.2, 0.25) is 0 Å². The van der Waals surface area contributed by atoms with Crippen LogP contribution in [0.4, 0.5) is 4.39 Å². The lowest BCUT2D eigenvalue weighted by atomic mass is 10.2. The highest BCUT2D eigenvalue weighted by molar-refractivity contribution is 5.79. The smallest absolute Gasteiger partial charge is 0.308 e. The van der Waals surface area contributed by atoms with Crippen LogP contribution in [0.1, 0.15) is 12.7 Å². The molecule has 1 heterocycles. The van der Waals surface area contributed by atoms with Crippen molar-refractivity contribution >= 4 is 16.9 Å². The lowest BCUT2D eigenvalue weighted by molar-refractivity contribution is -0.131. The third-order valence-corrected chi connectivity index (χ3v) is 2.14. The van der Waals surface area contributed by atoms with Crippen molar-refractivity contribution in [1.29, 1.82) is 0 Å². The highest BCUT2D eigenvalue weighted by Crippen LogP contribution is 2.20. The van der Waals surface area contributed by atoms with E-state index in [-0.39, 0.29) is 22.5 Å². The summed E-state index contributed by atoms with van der Waals surface area (Å²) < 4.78 is 22.4. The summed E-state index contributed by atoms with van der Waals surface area (Å²) in [5, 5.41) is 0.318. The average molecular weight is 236 g/mol. The van der Waals surface area contributed by atoms with Gasteiger partial charge in [0.15, 0.2) is 5.43 Å². The maximum atomic E-state index is 12.4. The molecule has 0 saturated heterocycles. The highest BCUT2D eigenvalue weighted by atomic mass is 19.1. The lowest BCUT2D eigenvalue weighted by Crippen LogP contribution is -2.04. The summed E-state index contributed by atoms with van der Waals surface area (Å²) in [5.74, 6) is -0.278. The molecule has 0 aliphatic carbocycles. The molecule has 0 aliphatic heterocycles. The molecule has 5 heteroatoms. The van der Waals surface area contributed by atoms with Gasteiger partial charge in [0.1, 0.15) is 23.8 Å². The van der Waals surface area contributed by atoms with Crippen LogP contribution in [0.15, 0.2) is 33.5 Å². The molecule has 0 saturated carbocycles. The summed E-state index contributed by atoms with van der Waals surface area (Å²) >= 11 is 0. The summed E-state index contributed by atoms with van der Waals surface area (Å²) in [5.41, 5.74) is -0.128. The minimum atomic E-state index is -0.858. The van der Waals surface area contributed by atoms with Crippen molar-refractivity contribution in [3.63, 3.8) is 0 Å². The minimum Gasteiger partial charge on any atom is -0.458 e. The number of fused-ring (bicyclic) bond motifs is 1. The van der Waals surface area contributed by atoms with E-state index < -0.39 is 12.6 Å². The number of carbonyl (C=O) groups excluding carboxylic acids is 1. The number of rotatable bonds is 2. The molecule has 0 N–H and O–H groups in total. The SMILES string of the molecule is CC(=O)Oc1ccc2c(=O)cc(CF)oc2c1. The Morgan fingerprint density at radius 3 is 2.82 bits per heavy atom. The van der Waals surface area contributed by atoms with E-state index in [1.807, 2.05) is 0 Å². The first kappa shape index (κ1) is 11.3. The normalized spacial score (nSPS) is 10.5. The van der Waals surface area contributed by atoms with Crippen molar-refractivity contribution in [2.75, 3.05) is 0 Å². The quantitative estimate of drug-likeness (QED) is 0.592. The number of ether oxygens (including phenoxy) is 1. The zero-order chi connectivity index (χ0) is 12.4. The van der Waals surface area contributed by atoms with Gasteiger partial charge in [0.05, 0.1) is 5.39 Å². The van der Waals surface area contributed by atoms with Crippen molar-refractivity contribution in [2.45, 2.75) is 13.6 Å². The highest BCUT2D eigenvalue weighted by Gasteiger charge is 2.07. The fourth-order valence-corrected chi connectivity index (χ4v) is 1.48. The van der Waals surface area contributed by atoms with E-state index in [0.717, 1.165) is 6.07 Å². The Balaban J connectivity index is 2.59. The third-order valence-electron chi connectivity index (χ3n) is 2.14. The molecule has 2 rings (SSSR count). The van der Waals surface area contributed by atoms with Crippen molar-refractivity contribution in [1.82, 2.24) is 0 Å². The van der Waals surface area contributed by atoms with Gasteiger partial charge in [0.2, 0.25) is 0 Å². The van der Waals surface area contributed by atoms with Gasteiger partial charge in [-0.1, -0.05) is 0 Å². The van der Waals surface area contributed by atoms with Gasteiger partial charge >= 0.3 is 5.97 Å². The van der Waals surface area contributed by atoms with E-state index in [9.17, 15) is 14.0 Å². The van der Waals surface area contributed by atoms with E-state index in [1.165, 1.54) is 25.1 Å². The van der Waals surface area contributed by atoms with E-state index in [2.05, 4.69) is 0 Å². The Morgan fingerprint density at radius 2 is 2.18 bits per heavy atom. The molecule has 0 radical (unpaired) electrons. The molecule has 0 fully saturated rings. The fourth-order valence-electron chi connectivity index (χ4n) is 1.48. The maximum absolute atomic E-state index is 12.4. The first-order chi connectivity index (χ1) is 8.10. The number of benzene rings is 1. The predicted molar refractivity (Wildman–Crippen MR) is 58.6 cm³/mol. The van der Waals surface area contributed by atoms with Gasteiger partial charge in [-0.25, -0.2) is 4.39 Å². The number of hydrogen-bond acceptors (Lipinski definition) is 4. The molecule has 2 aromatic rings. The summed E-state index contributed by atoms with van der Waals surface area (Å²) in [6, 6.07) is 5.45. The van der Waals surface area contributed by atoms with E-state index in [0.29, 0.717) is 5.39 Å². The lowest BCUT2D eigenvalue weighted by Gasteiger charge is -2.03. The molecular formula is C12H9FO4. The Labute approximate surface area is 95.6 Å². The van der Waals surface area contributed by atoms with E-state index >= 15 is 0 Å². The fraction of sp³-hybridized carbons (Fsp3) is 0.167. The molecule has 88 valence electrons. The Bertz CT molecular complexity index is 630. The summed E-state index contributed by atoms with van der Waals surface area (Å²) in [6.07, 6.45) is 0. The van der Waals surface area contributed by atoms with Gasteiger partial charge in [0.25, 0.3) is 0 Å². The van der Waals surface area contributed by atoms with Gasteiger partial charge in [-0.2, -0.15) is 0 Å². The second kappa shape index (κ2) is 4.37. The minimum absolute atomic E-state index is 0.0533. The first-order valence-electron chi connectivity index (χ1n) is 4.91. The predicted octanol–water partition coefficient (Wildman–Crippen LogP) is 2.19. The monoisotopic (exact) mass is 236 g/mol. The van der Waals surface area contributed by atoms with Crippen LogP contribution in [0, 0.1) is 0 Å². The number of alkyl halides is 1. The third kappa shape index (κ3) is 2.33. The molecule has 4 nitrogen and oxygen atoms in total. The molecule has 0 unspecified atom stereocenters. The Hall–Kier alpha value is -2.17. The van der Waals surface area contributed by atoms with Gasteiger partial charge in [0, 0.05) is 19.1 Å². The average Bonchev–Trinajstić information content (AvgIpc) is 2.27. The van der Waals surface area contributed by atoms with Gasteiger partial charge < -0.3 is 9.15 Å². The number of hydrogen-bond donors (Lipinski definition) is 0. The second-order valence-electron chi connectivity index (χ2n) is 3.46. The van der Waals surface area contributed by atoms with Crippen LogP contribution in [0.5, 0.6) is 5.75 Å². The van der Waals surface area contributed by atoms with Crippen molar-refractivity contribution in [2.24, 2.45) is 0 Å². The van der Waals surface area contributed by atoms with Crippen molar-refractivity contribution in [3.05, 3.63) is 40.2 Å². The molecule has 0 spiro atoms. The van der Waals surface area contributed by atoms with Gasteiger partial charge in [-0.3, -0.25) is 9.59 Å². The van der Waals surface area contributed by atoms with E-state index in [1.54, 1.807) is 0 Å². The van der Waals surface area contributed by atoms with Crippen molar-refractivity contribution in [3.8, 4) is 5.75 Å².